The fraction of sp³-hybridized carbons (Fsp3) is 0.625. The molecule has 0 saturated carbocycles. The number of ether oxygens (including phenoxy) is 1. The van der Waals surface area contributed by atoms with Crippen LogP contribution in [-0.2, 0) is 65.8 Å². The van der Waals surface area contributed by atoms with Crippen molar-refractivity contribution in [2.75, 3.05) is 5.23 Å². The number of hydrogen-bond donors (Lipinski definition) is 2. The molecule has 3 spiro atoms. The van der Waals surface area contributed by atoms with Gasteiger partial charge in [0.15, 0.2) is 0 Å². The van der Waals surface area contributed by atoms with Gasteiger partial charge >= 0.3 is 52.7 Å². The number of phosphoric acid groups is 3. The third-order valence-corrected chi connectivity index (χ3v) is 8.90. The highest BCUT2D eigenvalue weighted by Crippen LogP contribution is 2.85. The number of hydrogen-bond acceptors (Lipinski definition) is 20. The molecule has 172 valence electrons. The molecule has 5 fully saturated rings. The molecule has 0 aliphatic carbocycles. The summed E-state index contributed by atoms with van der Waals surface area (Å²) >= 11 is 0. The summed E-state index contributed by atoms with van der Waals surface area (Å²) in [6.45, 7) is 0. The Morgan fingerprint density at radius 1 is 1.00 bits per heavy atom. The summed E-state index contributed by atoms with van der Waals surface area (Å²) in [5, 5.41) is 22.1. The van der Waals surface area contributed by atoms with Crippen molar-refractivity contribution in [2.45, 2.75) is 29.6 Å². The Hall–Kier alpha value is -1.38. The lowest BCUT2D eigenvalue weighted by Gasteiger charge is -2.39. The second kappa shape index (κ2) is 4.73. The largest absolute Gasteiger partial charge is 0.584 e. The number of anilines is 1. The first-order chi connectivity index (χ1) is 14.9. The van der Waals surface area contributed by atoms with E-state index in [2.05, 4.69) is 9.97 Å². The number of phosphoric ester groups is 2. The van der Waals surface area contributed by atoms with Crippen LogP contribution in [0.2, 0.25) is 0 Å². The van der Waals surface area contributed by atoms with Crippen LogP contribution in [0.3, 0.4) is 0 Å². The Morgan fingerprint density at radius 2 is 1.78 bits per heavy atom. The molecule has 7 aliphatic heterocycles. The van der Waals surface area contributed by atoms with Crippen molar-refractivity contribution in [1.82, 2.24) is 14.5 Å². The second-order valence-electron chi connectivity index (χ2n) is 6.87. The number of aliphatic hydroxyl groups is 2. The van der Waals surface area contributed by atoms with Gasteiger partial charge in [-0.15, -0.1) is 13.9 Å². The van der Waals surface area contributed by atoms with Crippen LogP contribution < -0.4 is 15.4 Å². The van der Waals surface area contributed by atoms with Crippen molar-refractivity contribution in [3.63, 3.8) is 0 Å². The van der Waals surface area contributed by atoms with E-state index in [1.807, 2.05) is 0 Å². The van der Waals surface area contributed by atoms with Gasteiger partial charge in [-0.05, 0) is 0 Å². The summed E-state index contributed by atoms with van der Waals surface area (Å²) < 4.78 is 89.7. The summed E-state index contributed by atoms with van der Waals surface area (Å²) in [7, 11) is -15.3. The molecule has 1 aromatic heterocycles. The minimum atomic E-state index is -5.21. The molecule has 8 atom stereocenters. The molecule has 8 rings (SSSR count). The van der Waals surface area contributed by atoms with Crippen molar-refractivity contribution < 1.29 is 74.6 Å². The molecule has 24 heteroatoms. The zero-order chi connectivity index (χ0) is 22.2. The molecule has 2 N–H and O–H groups in total. The summed E-state index contributed by atoms with van der Waals surface area (Å²) in [4.78, 5) is 25.0. The molecule has 1 aromatic rings. The van der Waals surface area contributed by atoms with Crippen LogP contribution in [-0.4, -0.2) is 48.4 Å². The maximum Gasteiger partial charge on any atom is 0.584 e. The van der Waals surface area contributed by atoms with Crippen LogP contribution in [0, 0.1) is 0 Å². The average molecular weight is 520 g/mol. The zero-order valence-corrected chi connectivity index (χ0v) is 16.9. The minimum Gasteiger partial charge on any atom is -0.366 e. The fourth-order valence-corrected chi connectivity index (χ4v) is 8.17. The van der Waals surface area contributed by atoms with Crippen LogP contribution in [0.15, 0.2) is 4.79 Å². The molecule has 0 aromatic carbocycles. The number of aliphatic hydroxyl groups excluding tert-OH is 1. The van der Waals surface area contributed by atoms with Crippen LogP contribution in [0.25, 0.3) is 0 Å². The molecule has 0 amide bonds. The fourth-order valence-electron chi connectivity index (χ4n) is 4.04. The summed E-state index contributed by atoms with van der Waals surface area (Å²) in [5.41, 5.74) is -1.47. The average Bonchev–Trinajstić information content (AvgIpc) is 3.05. The van der Waals surface area contributed by atoms with E-state index in [0.717, 1.165) is 0 Å². The van der Waals surface area contributed by atoms with Crippen molar-refractivity contribution in [3.05, 3.63) is 10.5 Å². The third kappa shape index (κ3) is 1.66. The van der Waals surface area contributed by atoms with Gasteiger partial charge in [0.2, 0.25) is 6.29 Å². The Balaban J connectivity index is 1.62. The van der Waals surface area contributed by atoms with E-state index < -0.39 is 70.7 Å². The zero-order valence-electron chi connectivity index (χ0n) is 14.2. The van der Waals surface area contributed by atoms with Crippen LogP contribution >= 0.6 is 23.5 Å². The number of nitrogens with zero attached hydrogens (tertiary/aromatic N) is 4. The standard InChI is InChI=1S/C8H3N4O17P3/c13-1-5-7-6(15)8(21-5,26-30(16,19-1)23-5)11-3(14)9-2-10-4(11)20-31(17,29-22-7)27-12(2)28-32(18,24-6)25-7/h1,13,15H/t1?,5-,6-,7-,8?,30?,31?,32?/m1/s1. The molecule has 7 aliphatic rings. The Labute approximate surface area is 170 Å². The van der Waals surface area contributed by atoms with Gasteiger partial charge < -0.3 is 14.7 Å². The van der Waals surface area contributed by atoms with Crippen molar-refractivity contribution >= 4 is 29.4 Å². The lowest BCUT2D eigenvalue weighted by Crippen LogP contribution is -2.68. The highest BCUT2D eigenvalue weighted by molar-refractivity contribution is 7.50. The number of aromatic nitrogens is 3. The summed E-state index contributed by atoms with van der Waals surface area (Å²) in [5.74, 6) is -14.3. The van der Waals surface area contributed by atoms with Gasteiger partial charge in [0.05, 0.1) is 0 Å². The molecular formula is C8H3N4O17P3. The smallest absolute Gasteiger partial charge is 0.366 e. The van der Waals surface area contributed by atoms with Crippen LogP contribution in [0.4, 0.5) is 5.95 Å². The molecule has 9 bridgehead atoms. The van der Waals surface area contributed by atoms with Crippen LogP contribution in [0.1, 0.15) is 0 Å². The predicted molar refractivity (Wildman–Crippen MR) is 77.5 cm³/mol. The van der Waals surface area contributed by atoms with Gasteiger partial charge in [-0.3, -0.25) is 9.26 Å². The quantitative estimate of drug-likeness (QED) is 0.282. The molecule has 21 nitrogen and oxygen atoms in total. The maximum absolute atomic E-state index is 13.3. The Kier molecular flexibility index (Phi) is 2.81. The van der Waals surface area contributed by atoms with Gasteiger partial charge in [0.25, 0.3) is 11.7 Å². The lowest BCUT2D eigenvalue weighted by molar-refractivity contribution is -0.465. The predicted octanol–water partition coefficient (Wildman–Crippen LogP) is -1.84. The molecule has 8 heterocycles. The first-order valence-electron chi connectivity index (χ1n) is 8.10. The van der Waals surface area contributed by atoms with E-state index in [0.29, 0.717) is 0 Å². The highest BCUT2D eigenvalue weighted by Gasteiger charge is 3.02. The molecule has 0 radical (unpaired) electrons. The maximum atomic E-state index is 13.3. The van der Waals surface area contributed by atoms with Crippen molar-refractivity contribution in [2.24, 2.45) is 0 Å². The molecular weight excluding hydrogens is 517 g/mol. The summed E-state index contributed by atoms with van der Waals surface area (Å²) in [6.07, 6.45) is -2.51. The van der Waals surface area contributed by atoms with E-state index in [1.165, 1.54) is 0 Å². The third-order valence-electron chi connectivity index (χ3n) is 5.16. The van der Waals surface area contributed by atoms with E-state index in [-0.39, 0.29) is 9.79 Å². The van der Waals surface area contributed by atoms with Gasteiger partial charge in [-0.25, -0.2) is 36.6 Å². The second-order valence-corrected chi connectivity index (χ2v) is 11.2. The van der Waals surface area contributed by atoms with Gasteiger partial charge in [0.1, 0.15) is 0 Å². The van der Waals surface area contributed by atoms with E-state index in [4.69, 9.17) is 50.7 Å². The summed E-state index contributed by atoms with van der Waals surface area (Å²) in [6, 6.07) is -1.06. The monoisotopic (exact) mass is 520 g/mol. The Bertz CT molecular complexity index is 1380. The number of fused-ring (bicyclic) bond motifs is 6. The highest BCUT2D eigenvalue weighted by atomic mass is 31.2. The first kappa shape index (κ1) is 19.0. The molecule has 5 unspecified atom stereocenters. The molecule has 32 heavy (non-hydrogen) atoms. The van der Waals surface area contributed by atoms with Gasteiger partial charge in [-0.1, -0.05) is 5.23 Å². The normalized spacial score (nSPS) is 57.7. The van der Waals surface area contributed by atoms with E-state index in [1.54, 1.807) is 0 Å². The first-order valence-corrected chi connectivity index (χ1v) is 12.5. The van der Waals surface area contributed by atoms with E-state index >= 15 is 0 Å². The molecule has 5 saturated heterocycles. The van der Waals surface area contributed by atoms with Crippen molar-refractivity contribution in [1.29, 1.82) is 0 Å². The van der Waals surface area contributed by atoms with Gasteiger partial charge in [-0.2, -0.15) is 19.4 Å². The van der Waals surface area contributed by atoms with Crippen LogP contribution in [0.5, 0.6) is 6.01 Å². The Morgan fingerprint density at radius 3 is 2.59 bits per heavy atom. The SMILES string of the molecule is O=c1nc2nc3n1C14O[C@]5(OP(=O)(OC5O)O1)[C@@]15OOP(=O)(O3)ON2OP(=O)(O1)O[C@@]45O. The number of rotatable bonds is 0. The van der Waals surface area contributed by atoms with Gasteiger partial charge in [0, 0.05) is 0 Å². The van der Waals surface area contributed by atoms with Crippen molar-refractivity contribution in [3.8, 4) is 6.01 Å². The topological polar surface area (TPSA) is 244 Å². The minimum absolute atomic E-state index is 0.0585. The lowest BCUT2D eigenvalue weighted by atomic mass is 9.97. The van der Waals surface area contributed by atoms with E-state index in [9.17, 15) is 28.7 Å².